The van der Waals surface area contributed by atoms with Gasteiger partial charge in [0.1, 0.15) is 0 Å². The summed E-state index contributed by atoms with van der Waals surface area (Å²) in [4.78, 5) is 4.68. The lowest BCUT2D eigenvalue weighted by Crippen LogP contribution is -2.49. The van der Waals surface area contributed by atoms with Gasteiger partial charge in [-0.15, -0.1) is 0 Å². The molecule has 1 aliphatic heterocycles. The molecule has 1 heterocycles. The van der Waals surface area contributed by atoms with Crippen molar-refractivity contribution >= 4 is 17.3 Å². The molecule has 3 rings (SSSR count). The molecule has 1 saturated heterocycles. The van der Waals surface area contributed by atoms with E-state index in [1.165, 1.54) is 18.5 Å². The quantitative estimate of drug-likeness (QED) is 0.853. The van der Waals surface area contributed by atoms with E-state index in [0.717, 1.165) is 37.6 Å². The number of hydrogen-bond acceptors (Lipinski definition) is 4. The third-order valence-electron chi connectivity index (χ3n) is 5.30. The molecule has 4 nitrogen and oxygen atoms in total. The Morgan fingerprint density at radius 3 is 2.71 bits per heavy atom. The molecule has 1 aliphatic carbocycles. The van der Waals surface area contributed by atoms with E-state index in [4.69, 9.17) is 16.3 Å². The molecular formula is C19H29ClN2O2. The maximum atomic E-state index is 10.3. The van der Waals surface area contributed by atoms with Crippen LogP contribution in [0.2, 0.25) is 5.02 Å². The van der Waals surface area contributed by atoms with E-state index in [0.29, 0.717) is 25.2 Å². The molecule has 2 aliphatic rings. The van der Waals surface area contributed by atoms with Crippen LogP contribution in [0, 0.1) is 5.92 Å². The Bertz CT molecular complexity index is 520. The predicted molar refractivity (Wildman–Crippen MR) is 98.9 cm³/mol. The van der Waals surface area contributed by atoms with Crippen molar-refractivity contribution in [1.82, 2.24) is 4.90 Å². The van der Waals surface area contributed by atoms with E-state index in [2.05, 4.69) is 22.8 Å². The van der Waals surface area contributed by atoms with Gasteiger partial charge in [-0.1, -0.05) is 31.0 Å². The van der Waals surface area contributed by atoms with Gasteiger partial charge in [-0.2, -0.15) is 0 Å². The Morgan fingerprint density at radius 1 is 1.25 bits per heavy atom. The summed E-state index contributed by atoms with van der Waals surface area (Å²) in [5, 5.41) is 11.1. The summed E-state index contributed by atoms with van der Waals surface area (Å²) < 4.78 is 5.92. The summed E-state index contributed by atoms with van der Waals surface area (Å²) in [6, 6.07) is 8.02. The standard InChI is InChI=1S/C19H29ClN2O2/c1-15-4-2-7-19(15)24-14-18(23)13-21-8-10-22(11-9-21)17-6-3-5-16(20)12-17/h3,5-6,12,15,18-19,23H,2,4,7-11,13-14H2,1H3/t15-,18+,19-/m1/s1. The summed E-state index contributed by atoms with van der Waals surface area (Å²) in [6.07, 6.45) is 3.61. The number of hydrogen-bond donors (Lipinski definition) is 1. The van der Waals surface area contributed by atoms with E-state index in [1.54, 1.807) is 0 Å². The third kappa shape index (κ3) is 4.85. The molecule has 1 saturated carbocycles. The number of nitrogens with zero attached hydrogens (tertiary/aromatic N) is 2. The molecule has 1 N–H and O–H groups in total. The van der Waals surface area contributed by atoms with Gasteiger partial charge in [-0.05, 0) is 37.0 Å². The summed E-state index contributed by atoms with van der Waals surface area (Å²) in [5.74, 6) is 0.637. The highest BCUT2D eigenvalue weighted by atomic mass is 35.5. The largest absolute Gasteiger partial charge is 0.389 e. The van der Waals surface area contributed by atoms with Gasteiger partial charge in [-0.25, -0.2) is 0 Å². The monoisotopic (exact) mass is 352 g/mol. The van der Waals surface area contributed by atoms with Gasteiger partial charge in [0, 0.05) is 43.4 Å². The van der Waals surface area contributed by atoms with Crippen LogP contribution in [0.1, 0.15) is 26.2 Å². The van der Waals surface area contributed by atoms with Crippen LogP contribution in [0.5, 0.6) is 0 Å². The van der Waals surface area contributed by atoms with Crippen LogP contribution in [0.15, 0.2) is 24.3 Å². The summed E-state index contributed by atoms with van der Waals surface area (Å²) >= 11 is 6.08. The van der Waals surface area contributed by atoms with Crippen molar-refractivity contribution in [2.24, 2.45) is 5.92 Å². The molecule has 0 spiro atoms. The van der Waals surface area contributed by atoms with E-state index in [1.807, 2.05) is 18.2 Å². The highest BCUT2D eigenvalue weighted by Gasteiger charge is 2.25. The van der Waals surface area contributed by atoms with Crippen molar-refractivity contribution < 1.29 is 9.84 Å². The predicted octanol–water partition coefficient (Wildman–Crippen LogP) is 3.03. The zero-order valence-electron chi connectivity index (χ0n) is 14.5. The minimum atomic E-state index is -0.393. The molecule has 0 radical (unpaired) electrons. The first-order chi connectivity index (χ1) is 11.6. The van der Waals surface area contributed by atoms with E-state index in [9.17, 15) is 5.11 Å². The van der Waals surface area contributed by atoms with Gasteiger partial charge in [0.05, 0.1) is 18.8 Å². The Kier molecular flexibility index (Phi) is 6.39. The molecule has 24 heavy (non-hydrogen) atoms. The molecule has 3 atom stereocenters. The number of β-amino-alcohol motifs (C(OH)–C–C–N with tert-alkyl or cyclic N) is 1. The van der Waals surface area contributed by atoms with Crippen molar-refractivity contribution in [3.8, 4) is 0 Å². The van der Waals surface area contributed by atoms with Gasteiger partial charge >= 0.3 is 0 Å². The van der Waals surface area contributed by atoms with Crippen molar-refractivity contribution in [1.29, 1.82) is 0 Å². The van der Waals surface area contributed by atoms with Crippen molar-refractivity contribution in [2.45, 2.75) is 38.4 Å². The Morgan fingerprint density at radius 2 is 2.04 bits per heavy atom. The second-order valence-electron chi connectivity index (χ2n) is 7.20. The number of anilines is 1. The molecule has 5 heteroatoms. The smallest absolute Gasteiger partial charge is 0.0900 e. The molecule has 2 fully saturated rings. The Labute approximate surface area is 150 Å². The number of halogens is 1. The average Bonchev–Trinajstić information content (AvgIpc) is 2.99. The van der Waals surface area contributed by atoms with E-state index in [-0.39, 0.29) is 0 Å². The maximum absolute atomic E-state index is 10.3. The lowest BCUT2D eigenvalue weighted by Gasteiger charge is -2.37. The van der Waals surface area contributed by atoms with Crippen LogP contribution in [0.4, 0.5) is 5.69 Å². The molecule has 134 valence electrons. The fourth-order valence-corrected chi connectivity index (χ4v) is 3.99. The number of aliphatic hydroxyl groups excluding tert-OH is 1. The fraction of sp³-hybridized carbons (Fsp3) is 0.684. The van der Waals surface area contributed by atoms with Crippen LogP contribution in [-0.2, 0) is 4.74 Å². The van der Waals surface area contributed by atoms with Gasteiger partial charge in [0.2, 0.25) is 0 Å². The fourth-order valence-electron chi connectivity index (χ4n) is 3.81. The molecule has 0 amide bonds. The second kappa shape index (κ2) is 8.52. The van der Waals surface area contributed by atoms with Gasteiger partial charge in [0.25, 0.3) is 0 Å². The van der Waals surface area contributed by atoms with Crippen LogP contribution in [-0.4, -0.2) is 61.5 Å². The van der Waals surface area contributed by atoms with Gasteiger partial charge in [-0.3, -0.25) is 4.90 Å². The second-order valence-corrected chi connectivity index (χ2v) is 7.64. The van der Waals surface area contributed by atoms with Crippen LogP contribution in [0.25, 0.3) is 0 Å². The first kappa shape index (κ1) is 18.0. The van der Waals surface area contributed by atoms with Crippen molar-refractivity contribution in [3.63, 3.8) is 0 Å². The van der Waals surface area contributed by atoms with E-state index >= 15 is 0 Å². The lowest BCUT2D eigenvalue weighted by molar-refractivity contribution is -0.0321. The first-order valence-electron chi connectivity index (χ1n) is 9.14. The minimum absolute atomic E-state index is 0.347. The van der Waals surface area contributed by atoms with E-state index < -0.39 is 6.10 Å². The first-order valence-corrected chi connectivity index (χ1v) is 9.52. The van der Waals surface area contributed by atoms with Crippen molar-refractivity contribution in [3.05, 3.63) is 29.3 Å². The zero-order chi connectivity index (χ0) is 16.9. The summed E-state index contributed by atoms with van der Waals surface area (Å²) in [7, 11) is 0. The third-order valence-corrected chi connectivity index (χ3v) is 5.54. The average molecular weight is 353 g/mol. The molecule has 1 aromatic rings. The summed E-state index contributed by atoms with van der Waals surface area (Å²) in [6.45, 7) is 7.26. The summed E-state index contributed by atoms with van der Waals surface area (Å²) in [5.41, 5.74) is 1.18. The van der Waals surface area contributed by atoms with Gasteiger partial charge in [0.15, 0.2) is 0 Å². The molecule has 0 unspecified atom stereocenters. The number of benzene rings is 1. The minimum Gasteiger partial charge on any atom is -0.389 e. The van der Waals surface area contributed by atoms with Crippen LogP contribution in [0.3, 0.4) is 0 Å². The highest BCUT2D eigenvalue weighted by Crippen LogP contribution is 2.27. The Hall–Kier alpha value is -0.810. The van der Waals surface area contributed by atoms with Gasteiger partial charge < -0.3 is 14.7 Å². The molecule has 1 aromatic carbocycles. The zero-order valence-corrected chi connectivity index (χ0v) is 15.3. The van der Waals surface area contributed by atoms with Crippen LogP contribution >= 0.6 is 11.6 Å². The molecule has 0 aromatic heterocycles. The van der Waals surface area contributed by atoms with Crippen LogP contribution < -0.4 is 4.90 Å². The number of piperazine rings is 1. The molecule has 0 bridgehead atoms. The molecular weight excluding hydrogens is 324 g/mol. The van der Waals surface area contributed by atoms with Crippen molar-refractivity contribution in [2.75, 3.05) is 44.2 Å². The number of aliphatic hydroxyl groups is 1. The number of rotatable bonds is 6. The SMILES string of the molecule is C[C@@H]1CCC[C@H]1OC[C@@H](O)CN1CCN(c2cccc(Cl)c2)CC1. The number of ether oxygens (including phenoxy) is 1. The topological polar surface area (TPSA) is 35.9 Å². The maximum Gasteiger partial charge on any atom is 0.0900 e. The Balaban J connectivity index is 1.38. The normalized spacial score (nSPS) is 26.7. The highest BCUT2D eigenvalue weighted by molar-refractivity contribution is 6.30. The lowest BCUT2D eigenvalue weighted by atomic mass is 10.1.